The molecule has 2 heterocycles. The van der Waals surface area contributed by atoms with Crippen molar-refractivity contribution in [1.29, 1.82) is 0 Å². The molecule has 1 aliphatic rings. The molecule has 3 rings (SSSR count). The second kappa shape index (κ2) is 3.84. The molecule has 0 saturated heterocycles. The van der Waals surface area contributed by atoms with Crippen molar-refractivity contribution in [3.63, 3.8) is 0 Å². The first kappa shape index (κ1) is 9.74. The Labute approximate surface area is 99.4 Å². The highest BCUT2D eigenvalue weighted by Crippen LogP contribution is 2.26. The van der Waals surface area contributed by atoms with Gasteiger partial charge in [-0.25, -0.2) is 4.21 Å². The Balaban J connectivity index is 2.07. The summed E-state index contributed by atoms with van der Waals surface area (Å²) in [4.78, 5) is 1.74. The van der Waals surface area contributed by atoms with Crippen LogP contribution in [0.4, 0.5) is 5.69 Å². The van der Waals surface area contributed by atoms with Crippen molar-refractivity contribution in [3.8, 4) is 0 Å². The van der Waals surface area contributed by atoms with E-state index in [0.29, 0.717) is 5.84 Å². The van der Waals surface area contributed by atoms with Crippen LogP contribution in [0.25, 0.3) is 0 Å². The van der Waals surface area contributed by atoms with Gasteiger partial charge in [0.25, 0.3) is 0 Å². The molecule has 0 saturated carbocycles. The molecule has 3 nitrogen and oxygen atoms in total. The average molecular weight is 248 g/mol. The lowest BCUT2D eigenvalue weighted by atomic mass is 10.3. The van der Waals surface area contributed by atoms with Crippen LogP contribution >= 0.6 is 11.3 Å². The van der Waals surface area contributed by atoms with Crippen LogP contribution in [0, 0.1) is 0 Å². The third-order valence-corrected chi connectivity index (χ3v) is 4.21. The SMILES string of the molecule is O=S1N=C(c2cccs2)Nc2ccccc21. The topological polar surface area (TPSA) is 41.5 Å². The molecule has 0 fully saturated rings. The molecular weight excluding hydrogens is 240 g/mol. The predicted octanol–water partition coefficient (Wildman–Crippen LogP) is 2.64. The molecule has 1 aromatic heterocycles. The minimum atomic E-state index is -1.30. The summed E-state index contributed by atoms with van der Waals surface area (Å²) < 4.78 is 16.0. The molecule has 0 aliphatic carbocycles. The van der Waals surface area contributed by atoms with Crippen LogP contribution in [0.5, 0.6) is 0 Å². The lowest BCUT2D eigenvalue weighted by Gasteiger charge is -2.15. The van der Waals surface area contributed by atoms with E-state index in [1.54, 1.807) is 11.3 Å². The molecule has 0 spiro atoms. The maximum Gasteiger partial charge on any atom is 0.176 e. The Kier molecular flexibility index (Phi) is 2.34. The Bertz CT molecular complexity index is 575. The van der Waals surface area contributed by atoms with Gasteiger partial charge in [-0.15, -0.1) is 11.3 Å². The first-order valence-corrected chi connectivity index (χ1v) is 6.74. The van der Waals surface area contributed by atoms with E-state index in [2.05, 4.69) is 9.71 Å². The highest BCUT2D eigenvalue weighted by Gasteiger charge is 2.18. The molecule has 1 atom stereocenters. The highest BCUT2D eigenvalue weighted by molar-refractivity contribution is 7.84. The smallest absolute Gasteiger partial charge is 0.176 e. The van der Waals surface area contributed by atoms with Crippen molar-refractivity contribution in [2.75, 3.05) is 5.32 Å². The van der Waals surface area contributed by atoms with E-state index in [-0.39, 0.29) is 0 Å². The number of amidine groups is 1. The van der Waals surface area contributed by atoms with Gasteiger partial charge in [-0.2, -0.15) is 4.40 Å². The number of fused-ring (bicyclic) bond motifs is 1. The van der Waals surface area contributed by atoms with Crippen molar-refractivity contribution < 1.29 is 4.21 Å². The summed E-state index contributed by atoms with van der Waals surface area (Å²) in [6, 6.07) is 11.4. The fourth-order valence-electron chi connectivity index (χ4n) is 1.52. The van der Waals surface area contributed by atoms with Gasteiger partial charge >= 0.3 is 0 Å². The largest absolute Gasteiger partial charge is 0.337 e. The van der Waals surface area contributed by atoms with Gasteiger partial charge in [-0.1, -0.05) is 18.2 Å². The number of rotatable bonds is 1. The van der Waals surface area contributed by atoms with Crippen molar-refractivity contribution in [2.45, 2.75) is 4.90 Å². The van der Waals surface area contributed by atoms with E-state index in [4.69, 9.17) is 0 Å². The number of anilines is 1. The molecule has 1 unspecified atom stereocenters. The molecule has 0 radical (unpaired) electrons. The summed E-state index contributed by atoms with van der Waals surface area (Å²) in [5, 5.41) is 5.17. The van der Waals surface area contributed by atoms with Gasteiger partial charge in [0.1, 0.15) is 0 Å². The number of nitrogens with one attached hydrogen (secondary N) is 1. The standard InChI is InChI=1S/C11H8N2OS2/c14-16-10-6-2-1-4-8(10)12-11(13-16)9-5-3-7-15-9/h1-7H,(H,12,13). The van der Waals surface area contributed by atoms with E-state index >= 15 is 0 Å². The average Bonchev–Trinajstić information content (AvgIpc) is 2.82. The van der Waals surface area contributed by atoms with Crippen molar-refractivity contribution >= 4 is 33.8 Å². The minimum Gasteiger partial charge on any atom is -0.337 e. The van der Waals surface area contributed by atoms with Gasteiger partial charge in [0, 0.05) is 0 Å². The molecule has 0 amide bonds. The molecule has 2 aromatic rings. The number of thiophene rings is 1. The second-order valence-corrected chi connectivity index (χ2v) is 5.36. The summed E-state index contributed by atoms with van der Waals surface area (Å²) in [5.74, 6) is 0.687. The Morgan fingerprint density at radius 1 is 1.19 bits per heavy atom. The highest BCUT2D eigenvalue weighted by atomic mass is 32.2. The first-order valence-electron chi connectivity index (χ1n) is 4.75. The Morgan fingerprint density at radius 3 is 2.88 bits per heavy atom. The van der Waals surface area contributed by atoms with Crippen LogP contribution in [0.3, 0.4) is 0 Å². The Morgan fingerprint density at radius 2 is 2.06 bits per heavy atom. The normalized spacial score (nSPS) is 18.5. The summed E-state index contributed by atoms with van der Waals surface area (Å²) in [7, 11) is -1.30. The summed E-state index contributed by atoms with van der Waals surface area (Å²) in [6.45, 7) is 0. The summed E-state index contributed by atoms with van der Waals surface area (Å²) in [5.41, 5.74) is 0.874. The fourth-order valence-corrected chi connectivity index (χ4v) is 3.16. The van der Waals surface area contributed by atoms with Crippen molar-refractivity contribution in [2.24, 2.45) is 4.40 Å². The Hall–Kier alpha value is -1.46. The van der Waals surface area contributed by atoms with Gasteiger partial charge < -0.3 is 5.32 Å². The molecular formula is C11H8N2OS2. The number of nitrogens with zero attached hydrogens (tertiary/aromatic N) is 1. The third-order valence-electron chi connectivity index (χ3n) is 2.26. The molecule has 0 bridgehead atoms. The third kappa shape index (κ3) is 1.58. The molecule has 1 aromatic carbocycles. The van der Waals surface area contributed by atoms with Crippen LogP contribution in [-0.4, -0.2) is 10.0 Å². The molecule has 1 aliphatic heterocycles. The second-order valence-electron chi connectivity index (χ2n) is 3.29. The molecule has 1 N–H and O–H groups in total. The number of hydrogen-bond donors (Lipinski definition) is 1. The van der Waals surface area contributed by atoms with Crippen LogP contribution in [0.15, 0.2) is 51.1 Å². The van der Waals surface area contributed by atoms with Gasteiger partial charge in [0.05, 0.1) is 15.5 Å². The lowest BCUT2D eigenvalue weighted by Crippen LogP contribution is -2.18. The van der Waals surface area contributed by atoms with E-state index in [9.17, 15) is 4.21 Å². The van der Waals surface area contributed by atoms with Crippen LogP contribution < -0.4 is 5.32 Å². The zero-order valence-electron chi connectivity index (χ0n) is 8.21. The maximum absolute atomic E-state index is 11.9. The summed E-state index contributed by atoms with van der Waals surface area (Å²) >= 11 is 1.58. The van der Waals surface area contributed by atoms with Gasteiger partial charge in [-0.05, 0) is 23.6 Å². The zero-order valence-corrected chi connectivity index (χ0v) is 9.85. The quantitative estimate of drug-likeness (QED) is 0.843. The van der Waals surface area contributed by atoms with Crippen molar-refractivity contribution in [3.05, 3.63) is 46.7 Å². The molecule has 5 heteroatoms. The fraction of sp³-hybridized carbons (Fsp3) is 0. The minimum absolute atomic E-state index is 0.687. The maximum atomic E-state index is 11.9. The van der Waals surface area contributed by atoms with Gasteiger partial charge in [0.2, 0.25) is 0 Å². The molecule has 80 valence electrons. The number of para-hydroxylation sites is 1. The van der Waals surface area contributed by atoms with E-state index in [1.807, 2.05) is 41.8 Å². The number of hydrogen-bond acceptors (Lipinski definition) is 3. The van der Waals surface area contributed by atoms with Crippen LogP contribution in [-0.2, 0) is 11.0 Å². The van der Waals surface area contributed by atoms with E-state index in [1.165, 1.54) is 0 Å². The number of benzene rings is 1. The predicted molar refractivity (Wildman–Crippen MR) is 67.3 cm³/mol. The monoisotopic (exact) mass is 248 g/mol. The molecule has 16 heavy (non-hydrogen) atoms. The van der Waals surface area contributed by atoms with E-state index < -0.39 is 11.0 Å². The van der Waals surface area contributed by atoms with E-state index in [0.717, 1.165) is 15.5 Å². The van der Waals surface area contributed by atoms with Crippen LogP contribution in [0.2, 0.25) is 0 Å². The van der Waals surface area contributed by atoms with Crippen LogP contribution in [0.1, 0.15) is 4.88 Å². The first-order chi connectivity index (χ1) is 7.84. The zero-order chi connectivity index (χ0) is 11.0. The van der Waals surface area contributed by atoms with Crippen molar-refractivity contribution in [1.82, 2.24) is 0 Å². The van der Waals surface area contributed by atoms with Gasteiger partial charge in [-0.3, -0.25) is 0 Å². The summed E-state index contributed by atoms with van der Waals surface area (Å²) in [6.07, 6.45) is 0. The lowest BCUT2D eigenvalue weighted by molar-refractivity contribution is 0.684. The van der Waals surface area contributed by atoms with Gasteiger partial charge in [0.15, 0.2) is 16.8 Å².